The van der Waals surface area contributed by atoms with Crippen LogP contribution in [0.4, 0.5) is 5.69 Å². The van der Waals surface area contributed by atoms with E-state index in [9.17, 15) is 0 Å². The van der Waals surface area contributed by atoms with Gasteiger partial charge in [0.15, 0.2) is 5.82 Å². The molecule has 2 aromatic heterocycles. The van der Waals surface area contributed by atoms with E-state index in [1.54, 1.807) is 16.0 Å². The molecule has 0 fully saturated rings. The predicted octanol–water partition coefficient (Wildman–Crippen LogP) is 4.08. The summed E-state index contributed by atoms with van der Waals surface area (Å²) in [6.45, 7) is 0.773. The molecule has 1 N–H and O–H groups in total. The van der Waals surface area contributed by atoms with E-state index in [-0.39, 0.29) is 0 Å². The Labute approximate surface area is 142 Å². The lowest BCUT2D eigenvalue weighted by molar-refractivity contribution is 0.714. The molecule has 0 bridgehead atoms. The van der Waals surface area contributed by atoms with Gasteiger partial charge in [-0.15, -0.1) is 16.4 Å². The average molecular weight is 429 g/mol. The highest BCUT2D eigenvalue weighted by atomic mass is 79.9. The molecule has 0 unspecified atom stereocenters. The Kier molecular flexibility index (Phi) is 4.37. The number of tetrazole rings is 1. The highest BCUT2D eigenvalue weighted by molar-refractivity contribution is 9.13. The van der Waals surface area contributed by atoms with Gasteiger partial charge >= 0.3 is 0 Å². The Morgan fingerprint density at radius 3 is 2.81 bits per heavy atom. The molecule has 0 aliphatic carbocycles. The van der Waals surface area contributed by atoms with Crippen LogP contribution in [-0.2, 0) is 13.6 Å². The van der Waals surface area contributed by atoms with Gasteiger partial charge < -0.3 is 5.32 Å². The molecule has 0 spiro atoms. The van der Waals surface area contributed by atoms with Gasteiger partial charge in [0.1, 0.15) is 0 Å². The van der Waals surface area contributed by atoms with Crippen molar-refractivity contribution in [3.05, 3.63) is 43.5 Å². The van der Waals surface area contributed by atoms with Gasteiger partial charge in [-0.1, -0.05) is 12.1 Å². The molecule has 0 aliphatic heterocycles. The van der Waals surface area contributed by atoms with Gasteiger partial charge in [0, 0.05) is 34.2 Å². The molecule has 0 aliphatic rings. The topological polar surface area (TPSA) is 55.6 Å². The molecule has 2 heterocycles. The van der Waals surface area contributed by atoms with Crippen molar-refractivity contribution in [3.8, 4) is 11.4 Å². The summed E-state index contributed by atoms with van der Waals surface area (Å²) in [5, 5.41) is 15.0. The third-order valence-corrected chi connectivity index (χ3v) is 6.16. The minimum Gasteiger partial charge on any atom is -0.380 e. The van der Waals surface area contributed by atoms with Crippen LogP contribution in [0, 0.1) is 0 Å². The zero-order valence-electron chi connectivity index (χ0n) is 11.0. The van der Waals surface area contributed by atoms with Crippen LogP contribution >= 0.6 is 43.2 Å². The molecule has 0 radical (unpaired) electrons. The van der Waals surface area contributed by atoms with Crippen LogP contribution in [0.15, 0.2) is 38.6 Å². The average Bonchev–Trinajstić information content (AvgIpc) is 3.03. The van der Waals surface area contributed by atoms with E-state index in [2.05, 4.69) is 58.8 Å². The minimum absolute atomic E-state index is 0.750. The van der Waals surface area contributed by atoms with E-state index < -0.39 is 0 Å². The molecule has 0 atom stereocenters. The highest BCUT2D eigenvalue weighted by Gasteiger charge is 2.07. The van der Waals surface area contributed by atoms with Crippen molar-refractivity contribution in [2.45, 2.75) is 6.54 Å². The van der Waals surface area contributed by atoms with E-state index in [1.165, 1.54) is 4.88 Å². The maximum atomic E-state index is 4.02. The molecule has 108 valence electrons. The first-order chi connectivity index (χ1) is 10.1. The zero-order chi connectivity index (χ0) is 14.8. The number of hydrogen-bond acceptors (Lipinski definition) is 5. The van der Waals surface area contributed by atoms with E-state index >= 15 is 0 Å². The summed E-state index contributed by atoms with van der Waals surface area (Å²) in [7, 11) is 1.83. The van der Waals surface area contributed by atoms with E-state index in [0.29, 0.717) is 0 Å². The van der Waals surface area contributed by atoms with Gasteiger partial charge in [-0.05, 0) is 60.5 Å². The fraction of sp³-hybridized carbons (Fsp3) is 0.154. The van der Waals surface area contributed by atoms with Crippen LogP contribution < -0.4 is 5.32 Å². The summed E-state index contributed by atoms with van der Waals surface area (Å²) in [5.41, 5.74) is 2.03. The molecule has 0 saturated heterocycles. The molecular formula is C13H11Br2N5S. The first-order valence-electron chi connectivity index (χ1n) is 6.14. The van der Waals surface area contributed by atoms with Crippen molar-refractivity contribution in [3.63, 3.8) is 0 Å². The third kappa shape index (κ3) is 3.33. The van der Waals surface area contributed by atoms with Gasteiger partial charge in [-0.3, -0.25) is 0 Å². The summed E-state index contributed by atoms with van der Waals surface area (Å²) in [6, 6.07) is 10.2. The number of nitrogens with zero attached hydrogens (tertiary/aromatic N) is 4. The number of aryl methyl sites for hydroxylation is 1. The van der Waals surface area contributed by atoms with Crippen molar-refractivity contribution in [2.24, 2.45) is 7.05 Å². The Morgan fingerprint density at radius 1 is 1.29 bits per heavy atom. The fourth-order valence-electron chi connectivity index (χ4n) is 1.91. The zero-order valence-corrected chi connectivity index (χ0v) is 15.0. The maximum absolute atomic E-state index is 4.02. The second kappa shape index (κ2) is 6.25. The van der Waals surface area contributed by atoms with E-state index in [0.717, 1.165) is 31.9 Å². The second-order valence-electron chi connectivity index (χ2n) is 4.39. The number of halogens is 2. The number of thiophene rings is 1. The second-order valence-corrected chi connectivity index (χ2v) is 7.70. The van der Waals surface area contributed by atoms with Crippen LogP contribution in [0.2, 0.25) is 0 Å². The van der Waals surface area contributed by atoms with Crippen molar-refractivity contribution in [1.82, 2.24) is 20.2 Å². The van der Waals surface area contributed by atoms with Gasteiger partial charge in [-0.25, -0.2) is 4.68 Å². The van der Waals surface area contributed by atoms with Crippen LogP contribution in [-0.4, -0.2) is 20.2 Å². The van der Waals surface area contributed by atoms with Crippen LogP contribution in [0.25, 0.3) is 11.4 Å². The maximum Gasteiger partial charge on any atom is 0.181 e. The van der Waals surface area contributed by atoms with Gasteiger partial charge in [0.25, 0.3) is 0 Å². The molecule has 21 heavy (non-hydrogen) atoms. The Balaban J connectivity index is 1.76. The Hall–Kier alpha value is -1.25. The van der Waals surface area contributed by atoms with Crippen LogP contribution in [0.5, 0.6) is 0 Å². The van der Waals surface area contributed by atoms with Crippen LogP contribution in [0.3, 0.4) is 0 Å². The number of nitrogens with one attached hydrogen (secondary N) is 1. The normalized spacial score (nSPS) is 10.8. The first kappa shape index (κ1) is 14.7. The quantitative estimate of drug-likeness (QED) is 0.680. The monoisotopic (exact) mass is 427 g/mol. The van der Waals surface area contributed by atoms with Crippen LogP contribution in [0.1, 0.15) is 4.88 Å². The molecule has 3 rings (SSSR count). The Morgan fingerprint density at radius 2 is 2.14 bits per heavy atom. The summed E-state index contributed by atoms with van der Waals surface area (Å²) in [5.74, 6) is 0.750. The minimum atomic E-state index is 0.750. The Bertz CT molecular complexity index is 748. The van der Waals surface area contributed by atoms with E-state index in [4.69, 9.17) is 0 Å². The number of hydrogen-bond donors (Lipinski definition) is 1. The number of anilines is 1. The fourth-order valence-corrected chi connectivity index (χ4v) is 4.03. The molecule has 8 heteroatoms. The molecule has 0 saturated carbocycles. The standard InChI is InChI=1S/C13H11Br2N5S/c1-20-13(17-18-19-20)8-3-2-4-9(5-8)16-7-10-6-11(14)12(15)21-10/h2-6,16H,7H2,1H3. The number of aromatic nitrogens is 4. The van der Waals surface area contributed by atoms with Crippen molar-refractivity contribution in [1.29, 1.82) is 0 Å². The van der Waals surface area contributed by atoms with Gasteiger partial charge in [0.2, 0.25) is 0 Å². The molecular weight excluding hydrogens is 418 g/mol. The molecule has 3 aromatic rings. The SMILES string of the molecule is Cn1nnnc1-c1cccc(NCc2cc(Br)c(Br)s2)c1. The van der Waals surface area contributed by atoms with Crippen molar-refractivity contribution in [2.75, 3.05) is 5.32 Å². The lowest BCUT2D eigenvalue weighted by Crippen LogP contribution is -1.99. The summed E-state index contributed by atoms with van der Waals surface area (Å²) < 4.78 is 3.86. The van der Waals surface area contributed by atoms with Crippen molar-refractivity contribution >= 4 is 48.9 Å². The third-order valence-electron chi connectivity index (χ3n) is 2.90. The molecule has 5 nitrogen and oxygen atoms in total. The highest BCUT2D eigenvalue weighted by Crippen LogP contribution is 2.32. The number of rotatable bonds is 4. The van der Waals surface area contributed by atoms with E-state index in [1.807, 2.05) is 31.3 Å². The lowest BCUT2D eigenvalue weighted by Gasteiger charge is -2.06. The van der Waals surface area contributed by atoms with Gasteiger partial charge in [0.05, 0.1) is 3.79 Å². The van der Waals surface area contributed by atoms with Crippen molar-refractivity contribution < 1.29 is 0 Å². The summed E-state index contributed by atoms with van der Waals surface area (Å²) >= 11 is 8.71. The lowest BCUT2D eigenvalue weighted by atomic mass is 10.2. The first-order valence-corrected chi connectivity index (χ1v) is 8.54. The van der Waals surface area contributed by atoms with Gasteiger partial charge in [-0.2, -0.15) is 0 Å². The number of benzene rings is 1. The summed E-state index contributed by atoms with van der Waals surface area (Å²) in [4.78, 5) is 1.25. The predicted molar refractivity (Wildman–Crippen MR) is 91.3 cm³/mol. The smallest absolute Gasteiger partial charge is 0.181 e. The summed E-state index contributed by atoms with van der Waals surface area (Å²) in [6.07, 6.45) is 0. The largest absolute Gasteiger partial charge is 0.380 e. The molecule has 0 amide bonds. The molecule has 1 aromatic carbocycles.